The normalized spacial score (nSPS) is 26.2. The topological polar surface area (TPSA) is 125 Å². The third kappa shape index (κ3) is 3.05. The van der Waals surface area contributed by atoms with Crippen LogP contribution in [-0.4, -0.2) is 54.7 Å². The largest absolute Gasteiger partial charge is 0.455 e. The maximum atomic E-state index is 11.8. The van der Waals surface area contributed by atoms with E-state index in [1.807, 2.05) is 6.92 Å². The van der Waals surface area contributed by atoms with E-state index in [-0.39, 0.29) is 18.0 Å². The Bertz CT molecular complexity index is 783. The van der Waals surface area contributed by atoms with Crippen LogP contribution in [-0.2, 0) is 20.7 Å². The number of aryl methyl sites for hydroxylation is 1. The highest BCUT2D eigenvalue weighted by atomic mass is 32.1. The monoisotopic (exact) mass is 367 g/mol. The van der Waals surface area contributed by atoms with Crippen LogP contribution < -0.4 is 5.73 Å². The molecule has 25 heavy (non-hydrogen) atoms. The van der Waals surface area contributed by atoms with Crippen LogP contribution in [0.2, 0.25) is 0 Å². The summed E-state index contributed by atoms with van der Waals surface area (Å²) < 4.78 is 13.1. The number of aliphatic hydroxyl groups is 1. The fraction of sp³-hybridized carbons (Fsp3) is 0.600. The van der Waals surface area contributed by atoms with Gasteiger partial charge in [-0.25, -0.2) is 15.0 Å². The average Bonchev–Trinajstić information content (AvgIpc) is 3.13. The van der Waals surface area contributed by atoms with Gasteiger partial charge in [-0.2, -0.15) is 12.6 Å². The number of hydrogen-bond acceptors (Lipinski definition) is 9. The average molecular weight is 367 g/mol. The standard InChI is InChI=1S/C15H21N5O4S/c1-3-8-19-10-13(16)17-6-18-14(10)20(8)15-12(24-9(21)4-2)11(22)7(5-25)23-15/h6-7,11-12,15,22,25H,3-5H2,1-2H3,(H2,16,17,18)/t7-,11-,12-,15-/m1/s1. The van der Waals surface area contributed by atoms with Crippen LogP contribution in [0.25, 0.3) is 11.2 Å². The molecule has 0 radical (unpaired) electrons. The summed E-state index contributed by atoms with van der Waals surface area (Å²) >= 11 is 4.21. The third-order valence-corrected chi connectivity index (χ3v) is 4.56. The molecule has 10 heteroatoms. The SMILES string of the molecule is CCC(=O)O[C@@H]1[C@H](O)[C@@H](CS)O[C@H]1n1c(CC)nc2c(N)ncnc21. The molecule has 3 N–H and O–H groups in total. The van der Waals surface area contributed by atoms with Crippen LogP contribution in [0.3, 0.4) is 0 Å². The second-order valence-electron chi connectivity index (χ2n) is 5.73. The van der Waals surface area contributed by atoms with Gasteiger partial charge in [-0.3, -0.25) is 9.36 Å². The first-order valence-corrected chi connectivity index (χ1v) is 8.76. The molecule has 136 valence electrons. The van der Waals surface area contributed by atoms with E-state index in [0.29, 0.717) is 23.4 Å². The fourth-order valence-corrected chi connectivity index (χ4v) is 3.23. The van der Waals surface area contributed by atoms with Crippen LogP contribution in [0.15, 0.2) is 6.33 Å². The predicted octanol–water partition coefficient (Wildman–Crippen LogP) is 0.481. The minimum absolute atomic E-state index is 0.196. The molecule has 1 aliphatic rings. The molecule has 0 saturated carbocycles. The number of nitrogens with two attached hydrogens (primary N) is 1. The highest BCUT2D eigenvalue weighted by Crippen LogP contribution is 2.36. The molecule has 2 aromatic rings. The van der Waals surface area contributed by atoms with Gasteiger partial charge in [0.2, 0.25) is 0 Å². The van der Waals surface area contributed by atoms with E-state index in [1.165, 1.54) is 6.33 Å². The summed E-state index contributed by atoms with van der Waals surface area (Å²) in [7, 11) is 0. The van der Waals surface area contributed by atoms with Crippen molar-refractivity contribution in [1.82, 2.24) is 19.5 Å². The zero-order valence-electron chi connectivity index (χ0n) is 14.0. The molecule has 4 atom stereocenters. The predicted molar refractivity (Wildman–Crippen MR) is 93.1 cm³/mol. The van der Waals surface area contributed by atoms with Crippen molar-refractivity contribution >= 4 is 35.6 Å². The molecule has 2 aromatic heterocycles. The number of aliphatic hydroxyl groups excluding tert-OH is 1. The van der Waals surface area contributed by atoms with Crippen LogP contribution >= 0.6 is 12.6 Å². The van der Waals surface area contributed by atoms with Gasteiger partial charge < -0.3 is 20.3 Å². The first kappa shape index (κ1) is 17.9. The number of nitrogen functional groups attached to an aromatic ring is 1. The summed E-state index contributed by atoms with van der Waals surface area (Å²) in [6.07, 6.45) is -1.12. The summed E-state index contributed by atoms with van der Waals surface area (Å²) in [4.78, 5) is 24.5. The molecule has 3 heterocycles. The Hall–Kier alpha value is -1.91. The fourth-order valence-electron chi connectivity index (χ4n) is 2.93. The van der Waals surface area contributed by atoms with Gasteiger partial charge in [0, 0.05) is 18.6 Å². The molecule has 0 spiro atoms. The number of imidazole rings is 1. The number of aromatic nitrogens is 4. The Kier molecular flexibility index (Phi) is 5.11. The van der Waals surface area contributed by atoms with E-state index in [2.05, 4.69) is 27.6 Å². The quantitative estimate of drug-likeness (QED) is 0.515. The maximum Gasteiger partial charge on any atom is 0.306 e. The zero-order valence-corrected chi connectivity index (χ0v) is 14.9. The van der Waals surface area contributed by atoms with Crippen molar-refractivity contribution < 1.29 is 19.4 Å². The van der Waals surface area contributed by atoms with Crippen LogP contribution in [0.5, 0.6) is 0 Å². The second-order valence-corrected chi connectivity index (χ2v) is 6.09. The van der Waals surface area contributed by atoms with Gasteiger partial charge in [-0.05, 0) is 0 Å². The second kappa shape index (κ2) is 7.14. The molecule has 1 fully saturated rings. The number of nitrogens with zero attached hydrogens (tertiary/aromatic N) is 4. The van der Waals surface area contributed by atoms with Crippen LogP contribution in [0.1, 0.15) is 32.3 Å². The van der Waals surface area contributed by atoms with Gasteiger partial charge >= 0.3 is 5.97 Å². The Morgan fingerprint density at radius 1 is 1.48 bits per heavy atom. The number of hydrogen-bond donors (Lipinski definition) is 3. The van der Waals surface area contributed by atoms with Crippen LogP contribution in [0.4, 0.5) is 5.82 Å². The number of fused-ring (bicyclic) bond motifs is 1. The molecule has 0 aromatic carbocycles. The van der Waals surface area contributed by atoms with E-state index in [4.69, 9.17) is 15.2 Å². The van der Waals surface area contributed by atoms with Crippen molar-refractivity contribution in [3.05, 3.63) is 12.2 Å². The molecular weight excluding hydrogens is 346 g/mol. The first-order valence-electron chi connectivity index (χ1n) is 8.12. The minimum Gasteiger partial charge on any atom is -0.455 e. The lowest BCUT2D eigenvalue weighted by atomic mass is 10.1. The van der Waals surface area contributed by atoms with Crippen LogP contribution in [0, 0.1) is 0 Å². The van der Waals surface area contributed by atoms with Crippen molar-refractivity contribution in [3.63, 3.8) is 0 Å². The molecular formula is C15H21N5O4S. The van der Waals surface area contributed by atoms with E-state index in [9.17, 15) is 9.90 Å². The smallest absolute Gasteiger partial charge is 0.306 e. The third-order valence-electron chi connectivity index (χ3n) is 4.20. The Morgan fingerprint density at radius 3 is 2.88 bits per heavy atom. The van der Waals surface area contributed by atoms with Gasteiger partial charge in [-0.1, -0.05) is 13.8 Å². The van der Waals surface area contributed by atoms with Crippen molar-refractivity contribution in [1.29, 1.82) is 0 Å². The molecule has 9 nitrogen and oxygen atoms in total. The number of rotatable bonds is 5. The summed E-state index contributed by atoms with van der Waals surface area (Å²) in [5, 5.41) is 10.5. The lowest BCUT2D eigenvalue weighted by molar-refractivity contribution is -0.158. The highest BCUT2D eigenvalue weighted by molar-refractivity contribution is 7.80. The van der Waals surface area contributed by atoms with Crippen molar-refractivity contribution in [2.24, 2.45) is 0 Å². The van der Waals surface area contributed by atoms with Gasteiger partial charge in [0.15, 0.2) is 29.3 Å². The molecule has 3 rings (SSSR count). The number of carbonyl (C=O) groups excluding carboxylic acids is 1. The summed E-state index contributed by atoms with van der Waals surface area (Å²) in [5.74, 6) is 0.763. The Balaban J connectivity index is 2.10. The Labute approximate surface area is 150 Å². The van der Waals surface area contributed by atoms with E-state index in [0.717, 1.165) is 0 Å². The summed E-state index contributed by atoms with van der Waals surface area (Å²) in [5.41, 5.74) is 6.82. The zero-order chi connectivity index (χ0) is 18.1. The molecule has 0 aliphatic carbocycles. The van der Waals surface area contributed by atoms with E-state index in [1.54, 1.807) is 11.5 Å². The van der Waals surface area contributed by atoms with E-state index >= 15 is 0 Å². The van der Waals surface area contributed by atoms with Crippen molar-refractivity contribution in [2.45, 2.75) is 51.2 Å². The minimum atomic E-state index is -1.00. The molecule has 0 amide bonds. The lowest BCUT2D eigenvalue weighted by Crippen LogP contribution is -2.36. The first-order chi connectivity index (χ1) is 12.0. The summed E-state index contributed by atoms with van der Waals surface area (Å²) in [6, 6.07) is 0. The Morgan fingerprint density at radius 2 is 2.24 bits per heavy atom. The highest BCUT2D eigenvalue weighted by Gasteiger charge is 2.47. The molecule has 1 aliphatic heterocycles. The maximum absolute atomic E-state index is 11.8. The summed E-state index contributed by atoms with van der Waals surface area (Å²) in [6.45, 7) is 3.61. The number of anilines is 1. The van der Waals surface area contributed by atoms with Gasteiger partial charge in [0.1, 0.15) is 18.3 Å². The number of ether oxygens (including phenoxy) is 2. The van der Waals surface area contributed by atoms with E-state index < -0.39 is 30.5 Å². The van der Waals surface area contributed by atoms with Gasteiger partial charge in [-0.15, -0.1) is 0 Å². The molecule has 1 saturated heterocycles. The molecule has 0 unspecified atom stereocenters. The van der Waals surface area contributed by atoms with Crippen molar-refractivity contribution in [3.8, 4) is 0 Å². The number of thiol groups is 1. The lowest BCUT2D eigenvalue weighted by Gasteiger charge is -2.23. The van der Waals surface area contributed by atoms with Gasteiger partial charge in [0.05, 0.1) is 6.10 Å². The number of esters is 1. The number of carbonyl (C=O) groups is 1. The van der Waals surface area contributed by atoms with Gasteiger partial charge in [0.25, 0.3) is 0 Å². The van der Waals surface area contributed by atoms with Crippen molar-refractivity contribution in [2.75, 3.05) is 11.5 Å². The molecule has 0 bridgehead atoms.